The van der Waals surface area contributed by atoms with Crippen molar-refractivity contribution in [2.24, 2.45) is 5.92 Å². The van der Waals surface area contributed by atoms with Crippen molar-refractivity contribution in [1.29, 1.82) is 5.26 Å². The van der Waals surface area contributed by atoms with Crippen LogP contribution in [0, 0.1) is 17.2 Å². The highest BCUT2D eigenvalue weighted by Crippen LogP contribution is 2.18. The highest BCUT2D eigenvalue weighted by Gasteiger charge is 2.14. The first kappa shape index (κ1) is 16.3. The van der Waals surface area contributed by atoms with Crippen LogP contribution in [0.15, 0.2) is 23.4 Å². The van der Waals surface area contributed by atoms with Crippen molar-refractivity contribution in [3.05, 3.63) is 23.4 Å². The van der Waals surface area contributed by atoms with Crippen LogP contribution in [0.25, 0.3) is 0 Å². The molecular formula is C16H24N2O2. The molecular weight excluding hydrogens is 252 g/mol. The summed E-state index contributed by atoms with van der Waals surface area (Å²) in [5, 5.41) is 9.05. The van der Waals surface area contributed by atoms with Gasteiger partial charge in [0.15, 0.2) is 0 Å². The summed E-state index contributed by atoms with van der Waals surface area (Å²) >= 11 is 0. The number of nitrogens with zero attached hydrogens (tertiary/aromatic N) is 2. The molecule has 1 aliphatic heterocycles. The van der Waals surface area contributed by atoms with E-state index in [2.05, 4.69) is 18.7 Å². The van der Waals surface area contributed by atoms with Crippen LogP contribution in [0.2, 0.25) is 0 Å². The third-order valence-corrected chi connectivity index (χ3v) is 3.80. The predicted octanol–water partition coefficient (Wildman–Crippen LogP) is 3.03. The fraction of sp³-hybridized carbons (Fsp3) is 0.625. The predicted molar refractivity (Wildman–Crippen MR) is 78.7 cm³/mol. The lowest BCUT2D eigenvalue weighted by Gasteiger charge is -2.12. The third-order valence-electron chi connectivity index (χ3n) is 3.80. The molecule has 0 aromatic carbocycles. The van der Waals surface area contributed by atoms with Gasteiger partial charge >= 0.3 is 5.97 Å². The third kappa shape index (κ3) is 4.73. The molecule has 0 N–H and O–H groups in total. The Kier molecular flexibility index (Phi) is 6.86. The highest BCUT2D eigenvalue weighted by atomic mass is 16.5. The van der Waals surface area contributed by atoms with E-state index in [1.165, 1.54) is 0 Å². The van der Waals surface area contributed by atoms with Gasteiger partial charge in [0, 0.05) is 19.3 Å². The van der Waals surface area contributed by atoms with Crippen molar-refractivity contribution in [3.63, 3.8) is 0 Å². The number of likely N-dealkylation sites (tertiary alicyclic amines) is 1. The second kappa shape index (κ2) is 8.42. The molecule has 1 aliphatic rings. The minimum atomic E-state index is -0.517. The zero-order chi connectivity index (χ0) is 15.0. The lowest BCUT2D eigenvalue weighted by atomic mass is 10.1. The quantitative estimate of drug-likeness (QED) is 0.425. The molecule has 20 heavy (non-hydrogen) atoms. The van der Waals surface area contributed by atoms with E-state index in [9.17, 15) is 4.79 Å². The van der Waals surface area contributed by atoms with Gasteiger partial charge in [0.1, 0.15) is 11.6 Å². The van der Waals surface area contributed by atoms with E-state index in [-0.39, 0.29) is 5.57 Å². The van der Waals surface area contributed by atoms with Crippen LogP contribution in [-0.4, -0.2) is 31.1 Å². The van der Waals surface area contributed by atoms with Gasteiger partial charge in [0.25, 0.3) is 0 Å². The first-order valence-electron chi connectivity index (χ1n) is 7.31. The zero-order valence-electron chi connectivity index (χ0n) is 12.7. The Bertz CT molecular complexity index is 428. The molecule has 0 unspecified atom stereocenters. The molecule has 0 amide bonds. The molecule has 0 radical (unpaired) electrons. The monoisotopic (exact) mass is 276 g/mol. The Morgan fingerprint density at radius 1 is 1.50 bits per heavy atom. The second-order valence-corrected chi connectivity index (χ2v) is 5.16. The molecule has 4 heteroatoms. The van der Waals surface area contributed by atoms with Crippen molar-refractivity contribution >= 4 is 5.97 Å². The standard InChI is InChI=1S/C16H24N2O2/c1-4-13(5-2)12-20-16(19)14(11-17)8-9-15-7-6-10-18(15)3/h8-9,13H,4-7,10,12H2,1-3H3/b14-8+,15-9+. The van der Waals surface area contributed by atoms with Crippen molar-refractivity contribution in [3.8, 4) is 6.07 Å². The van der Waals surface area contributed by atoms with Gasteiger partial charge in [0.2, 0.25) is 0 Å². The highest BCUT2D eigenvalue weighted by molar-refractivity contribution is 5.93. The largest absolute Gasteiger partial charge is 0.461 e. The number of carbonyl (C=O) groups is 1. The number of rotatable bonds is 6. The molecule has 1 heterocycles. The Morgan fingerprint density at radius 2 is 2.20 bits per heavy atom. The number of hydrogen-bond acceptors (Lipinski definition) is 4. The van der Waals surface area contributed by atoms with Crippen LogP contribution >= 0.6 is 0 Å². The molecule has 1 saturated heterocycles. The van der Waals surface area contributed by atoms with Gasteiger partial charge in [-0.15, -0.1) is 0 Å². The van der Waals surface area contributed by atoms with Gasteiger partial charge < -0.3 is 9.64 Å². The second-order valence-electron chi connectivity index (χ2n) is 5.16. The normalized spacial score (nSPS) is 17.6. The molecule has 0 aromatic rings. The smallest absolute Gasteiger partial charge is 0.348 e. The van der Waals surface area contributed by atoms with Gasteiger partial charge in [0.05, 0.1) is 6.61 Å². The maximum absolute atomic E-state index is 11.8. The summed E-state index contributed by atoms with van der Waals surface area (Å²) in [7, 11) is 2.02. The topological polar surface area (TPSA) is 53.3 Å². The zero-order valence-corrected chi connectivity index (χ0v) is 12.7. The summed E-state index contributed by atoms with van der Waals surface area (Å²) in [5.74, 6) is -0.143. The number of carbonyl (C=O) groups excluding carboxylic acids is 1. The Labute approximate surface area is 121 Å². The Morgan fingerprint density at radius 3 is 2.70 bits per heavy atom. The lowest BCUT2D eigenvalue weighted by Crippen LogP contribution is -2.14. The van der Waals surface area contributed by atoms with Gasteiger partial charge in [-0.25, -0.2) is 4.79 Å². The molecule has 0 aromatic heterocycles. The summed E-state index contributed by atoms with van der Waals surface area (Å²) < 4.78 is 5.21. The van der Waals surface area contributed by atoms with E-state index in [0.717, 1.165) is 37.9 Å². The van der Waals surface area contributed by atoms with E-state index in [1.807, 2.05) is 19.2 Å². The maximum atomic E-state index is 11.8. The van der Waals surface area contributed by atoms with Crippen molar-refractivity contribution in [2.45, 2.75) is 39.5 Å². The first-order chi connectivity index (χ1) is 9.62. The SMILES string of the molecule is CCC(CC)COC(=O)/C(C#N)=C/C=C1\CCCN1C. The molecule has 1 rings (SSSR count). The van der Waals surface area contributed by atoms with Crippen molar-refractivity contribution < 1.29 is 9.53 Å². The summed E-state index contributed by atoms with van der Waals surface area (Å²) in [6.07, 6.45) is 7.50. The van der Waals surface area contributed by atoms with Gasteiger partial charge in [-0.2, -0.15) is 5.26 Å². The fourth-order valence-electron chi connectivity index (χ4n) is 2.17. The summed E-state index contributed by atoms with van der Waals surface area (Å²) in [5.41, 5.74) is 1.23. The van der Waals surface area contributed by atoms with Crippen LogP contribution < -0.4 is 0 Å². The van der Waals surface area contributed by atoms with E-state index in [0.29, 0.717) is 12.5 Å². The molecule has 0 spiro atoms. The summed E-state index contributed by atoms with van der Waals surface area (Å²) in [4.78, 5) is 14.0. The molecule has 4 nitrogen and oxygen atoms in total. The number of nitriles is 1. The molecule has 0 saturated carbocycles. The minimum absolute atomic E-state index is 0.0729. The first-order valence-corrected chi connectivity index (χ1v) is 7.31. The average Bonchev–Trinajstić information content (AvgIpc) is 2.86. The maximum Gasteiger partial charge on any atom is 0.348 e. The average molecular weight is 276 g/mol. The summed E-state index contributed by atoms with van der Waals surface area (Å²) in [6, 6.07) is 1.92. The van der Waals surface area contributed by atoms with Crippen LogP contribution in [0.4, 0.5) is 0 Å². The molecule has 1 fully saturated rings. The van der Waals surface area contributed by atoms with Crippen LogP contribution in [-0.2, 0) is 9.53 Å². The van der Waals surface area contributed by atoms with E-state index in [1.54, 1.807) is 6.08 Å². The van der Waals surface area contributed by atoms with Crippen molar-refractivity contribution in [1.82, 2.24) is 4.90 Å². The van der Waals surface area contributed by atoms with Crippen LogP contribution in [0.5, 0.6) is 0 Å². The van der Waals surface area contributed by atoms with E-state index >= 15 is 0 Å². The van der Waals surface area contributed by atoms with Gasteiger partial charge in [-0.3, -0.25) is 0 Å². The number of hydrogen-bond donors (Lipinski definition) is 0. The molecule has 0 atom stereocenters. The Balaban J connectivity index is 2.61. The summed E-state index contributed by atoms with van der Waals surface area (Å²) in [6.45, 7) is 5.56. The molecule has 110 valence electrons. The van der Waals surface area contributed by atoms with Gasteiger partial charge in [-0.1, -0.05) is 26.7 Å². The lowest BCUT2D eigenvalue weighted by molar-refractivity contribution is -0.139. The molecule has 0 aliphatic carbocycles. The molecule has 0 bridgehead atoms. The van der Waals surface area contributed by atoms with Crippen molar-refractivity contribution in [2.75, 3.05) is 20.2 Å². The fourth-order valence-corrected chi connectivity index (χ4v) is 2.17. The van der Waals surface area contributed by atoms with Crippen LogP contribution in [0.3, 0.4) is 0 Å². The number of allylic oxidation sites excluding steroid dienone is 3. The van der Waals surface area contributed by atoms with E-state index < -0.39 is 5.97 Å². The Hall–Kier alpha value is -1.76. The number of esters is 1. The van der Waals surface area contributed by atoms with Gasteiger partial charge in [-0.05, 0) is 30.9 Å². The minimum Gasteiger partial charge on any atom is -0.461 e. The number of ether oxygens (including phenoxy) is 1. The van der Waals surface area contributed by atoms with Crippen LogP contribution in [0.1, 0.15) is 39.5 Å². The van der Waals surface area contributed by atoms with E-state index in [4.69, 9.17) is 10.00 Å².